The van der Waals surface area contributed by atoms with E-state index in [1.807, 2.05) is 0 Å². The van der Waals surface area contributed by atoms with Gasteiger partial charge in [-0.3, -0.25) is 14.4 Å². The molecule has 2 unspecified atom stereocenters. The first kappa shape index (κ1) is 17.4. The second kappa shape index (κ2) is 5.60. The van der Waals surface area contributed by atoms with E-state index in [2.05, 4.69) is 4.74 Å². The van der Waals surface area contributed by atoms with Crippen molar-refractivity contribution in [2.24, 2.45) is 0 Å². The molecule has 0 aromatic rings. The molecule has 0 radical (unpaired) electrons. The van der Waals surface area contributed by atoms with Gasteiger partial charge in [-0.15, -0.1) is 0 Å². The van der Waals surface area contributed by atoms with Gasteiger partial charge in [0.05, 0.1) is 6.42 Å². The maximum absolute atomic E-state index is 11.9. The van der Waals surface area contributed by atoms with Gasteiger partial charge in [0, 0.05) is 12.7 Å². The van der Waals surface area contributed by atoms with E-state index in [9.17, 15) is 27.9 Å². The molecule has 0 aromatic carbocycles. The van der Waals surface area contributed by atoms with E-state index >= 15 is 0 Å². The minimum Gasteiger partial charge on any atom is -0.544 e. The molecule has 11 heteroatoms. The summed E-state index contributed by atoms with van der Waals surface area (Å²) in [5, 5.41) is 9.93. The summed E-state index contributed by atoms with van der Waals surface area (Å²) in [6.45, 7) is -0.524. The minimum atomic E-state index is -3.75. The molecule has 2 saturated heterocycles. The quantitative estimate of drug-likeness (QED) is 0.371. The topological polar surface area (TPSA) is 130 Å². The molecular formula is C9H10NNaO8S. The number of ether oxygens (including phenoxy) is 1. The zero-order chi connectivity index (χ0) is 14.4. The molecule has 0 aromatic heterocycles. The van der Waals surface area contributed by atoms with Crippen LogP contribution in [0.1, 0.15) is 12.8 Å². The van der Waals surface area contributed by atoms with Gasteiger partial charge in [-0.1, -0.05) is 0 Å². The number of nitrogens with zero attached hydrogens (tertiary/aromatic N) is 1. The van der Waals surface area contributed by atoms with Crippen LogP contribution in [0.25, 0.3) is 0 Å². The number of amides is 1. The number of carbonyl (C=O) groups is 3. The van der Waals surface area contributed by atoms with Crippen LogP contribution >= 0.6 is 0 Å². The zero-order valence-electron chi connectivity index (χ0n) is 10.8. The summed E-state index contributed by atoms with van der Waals surface area (Å²) in [6, 6.07) is 0. The zero-order valence-corrected chi connectivity index (χ0v) is 13.6. The van der Waals surface area contributed by atoms with Crippen molar-refractivity contribution in [2.45, 2.75) is 23.8 Å². The molecular weight excluding hydrogens is 305 g/mol. The fourth-order valence-electron chi connectivity index (χ4n) is 1.93. The average molecular weight is 315 g/mol. The molecule has 2 rings (SSSR count). The number of cyclic esters (lactones) is 1. The van der Waals surface area contributed by atoms with Crippen molar-refractivity contribution in [1.29, 1.82) is 0 Å². The van der Waals surface area contributed by atoms with E-state index in [4.69, 9.17) is 4.84 Å². The Morgan fingerprint density at radius 1 is 1.45 bits per heavy atom. The minimum absolute atomic E-state index is 0. The Kier molecular flexibility index (Phi) is 4.87. The molecule has 9 nitrogen and oxygen atoms in total. The van der Waals surface area contributed by atoms with Crippen LogP contribution in [-0.4, -0.2) is 55.2 Å². The van der Waals surface area contributed by atoms with Crippen molar-refractivity contribution >= 4 is 27.7 Å². The smallest absolute Gasteiger partial charge is 0.544 e. The molecule has 0 aliphatic carbocycles. The number of hydrogen-bond acceptors (Lipinski definition) is 8. The van der Waals surface area contributed by atoms with Crippen molar-refractivity contribution in [3.05, 3.63) is 0 Å². The van der Waals surface area contributed by atoms with Crippen LogP contribution in [0.3, 0.4) is 0 Å². The van der Waals surface area contributed by atoms with Gasteiger partial charge >= 0.3 is 35.5 Å². The average Bonchev–Trinajstić information content (AvgIpc) is 2.81. The first-order chi connectivity index (χ1) is 8.68. The molecule has 2 aliphatic heterocycles. The Morgan fingerprint density at radius 3 is 2.40 bits per heavy atom. The number of hydrogen-bond donors (Lipinski definition) is 0. The Balaban J connectivity index is 0.00000200. The maximum atomic E-state index is 11.9. The van der Waals surface area contributed by atoms with Gasteiger partial charge in [0.25, 0.3) is 11.6 Å². The van der Waals surface area contributed by atoms with Crippen LogP contribution in [0.15, 0.2) is 0 Å². The van der Waals surface area contributed by atoms with Gasteiger partial charge in [-0.2, -0.15) is 5.06 Å². The van der Waals surface area contributed by atoms with E-state index in [1.54, 1.807) is 0 Å². The number of esters is 1. The van der Waals surface area contributed by atoms with Gasteiger partial charge in [0.1, 0.15) is 12.6 Å². The van der Waals surface area contributed by atoms with E-state index in [-0.39, 0.29) is 42.4 Å². The number of carbonyl (C=O) groups excluding carboxylic acids is 3. The Bertz CT molecular complexity index is 560. The number of rotatable bonds is 3. The van der Waals surface area contributed by atoms with Gasteiger partial charge in [0.2, 0.25) is 0 Å². The van der Waals surface area contributed by atoms with Crippen LogP contribution in [-0.2, 0) is 33.8 Å². The number of hydroxylamine groups is 2. The normalized spacial score (nSPS) is 30.1. The Morgan fingerprint density at radius 2 is 2.05 bits per heavy atom. The molecule has 20 heavy (non-hydrogen) atoms. The van der Waals surface area contributed by atoms with Crippen LogP contribution in [0, 0.1) is 0 Å². The molecule has 2 atom stereocenters. The molecule has 2 aliphatic rings. The third-order valence-electron chi connectivity index (χ3n) is 2.95. The monoisotopic (exact) mass is 315 g/mol. The first-order valence-electron chi connectivity index (χ1n) is 5.27. The summed E-state index contributed by atoms with van der Waals surface area (Å²) in [4.78, 5) is 38.9. The fourth-order valence-corrected chi connectivity index (χ4v) is 2.70. The van der Waals surface area contributed by atoms with Gasteiger partial charge in [-0.05, 0) is 0 Å². The van der Waals surface area contributed by atoms with Crippen LogP contribution in [0.4, 0.5) is 0 Å². The third-order valence-corrected chi connectivity index (χ3v) is 4.32. The summed E-state index contributed by atoms with van der Waals surface area (Å²) in [5.41, 5.74) is -2.38. The van der Waals surface area contributed by atoms with Gasteiger partial charge in [0.15, 0.2) is 15.1 Å². The fraction of sp³-hybridized carbons (Fsp3) is 0.667. The molecule has 106 valence electrons. The Hall–Kier alpha value is -0.680. The van der Waals surface area contributed by atoms with Crippen LogP contribution in [0.2, 0.25) is 0 Å². The van der Waals surface area contributed by atoms with Gasteiger partial charge in [-0.25, -0.2) is 8.42 Å². The van der Waals surface area contributed by atoms with E-state index in [0.717, 1.165) is 6.26 Å². The number of aliphatic carboxylic acids is 1. The summed E-state index contributed by atoms with van der Waals surface area (Å²) in [7, 11) is -3.75. The Labute approximate surface area is 136 Å². The number of carboxylic acids is 1. The second-order valence-electron chi connectivity index (χ2n) is 4.29. The molecule has 0 saturated carbocycles. The van der Waals surface area contributed by atoms with Crippen LogP contribution < -0.4 is 34.7 Å². The molecule has 0 bridgehead atoms. The first-order valence-corrected chi connectivity index (χ1v) is 7.23. The second-order valence-corrected chi connectivity index (χ2v) is 6.52. The standard InChI is InChI=1S/C9H11NO8S.Na/c1-19(15,16)5-4-17-10(7(5)12)9(8(13)14)3-2-6(11)18-9;/h5H,2-4H2,1H3,(H,13,14);/q;+1/p-1. The molecule has 0 N–H and O–H groups in total. The van der Waals surface area contributed by atoms with E-state index < -0.39 is 45.3 Å². The van der Waals surface area contributed by atoms with Crippen molar-refractivity contribution in [1.82, 2.24) is 5.06 Å². The number of carboxylic acid groups (broad SMARTS) is 1. The summed E-state index contributed by atoms with van der Waals surface area (Å²) in [6.07, 6.45) is 0.246. The predicted molar refractivity (Wildman–Crippen MR) is 54.5 cm³/mol. The van der Waals surface area contributed by atoms with Crippen molar-refractivity contribution in [3.63, 3.8) is 0 Å². The SMILES string of the molecule is CS(=O)(=O)C1CON(C2(C(=O)[O-])CCC(=O)O2)C1=O.[Na+]. The third kappa shape index (κ3) is 2.70. The maximum Gasteiger partial charge on any atom is 1.00 e. The predicted octanol–water partition coefficient (Wildman–Crippen LogP) is -6.04. The van der Waals surface area contributed by atoms with Crippen molar-refractivity contribution in [2.75, 3.05) is 12.9 Å². The molecule has 0 spiro atoms. The van der Waals surface area contributed by atoms with E-state index in [0.29, 0.717) is 5.06 Å². The molecule has 2 heterocycles. The van der Waals surface area contributed by atoms with Crippen LogP contribution in [0.5, 0.6) is 0 Å². The van der Waals surface area contributed by atoms with Crippen molar-refractivity contribution < 1.29 is 67.0 Å². The largest absolute Gasteiger partial charge is 1.00 e. The van der Waals surface area contributed by atoms with Crippen molar-refractivity contribution in [3.8, 4) is 0 Å². The summed E-state index contributed by atoms with van der Waals surface area (Å²) >= 11 is 0. The summed E-state index contributed by atoms with van der Waals surface area (Å²) < 4.78 is 27.3. The van der Waals surface area contributed by atoms with E-state index in [1.165, 1.54) is 0 Å². The summed E-state index contributed by atoms with van der Waals surface area (Å²) in [5.74, 6) is -3.74. The molecule has 1 amide bonds. The van der Waals surface area contributed by atoms with Gasteiger partial charge < -0.3 is 14.6 Å². The molecule has 2 fully saturated rings. The number of sulfone groups is 1.